The maximum atomic E-state index is 16.7. The Morgan fingerprint density at radius 2 is 1.94 bits per heavy atom. The summed E-state index contributed by atoms with van der Waals surface area (Å²) in [7, 11) is 0. The molecule has 0 spiro atoms. The van der Waals surface area contributed by atoms with E-state index in [4.69, 9.17) is 32.6 Å². The fraction of sp³-hybridized carbons (Fsp3) is 0.441. The number of fused-ring (bicyclic) bond motifs is 2. The van der Waals surface area contributed by atoms with Gasteiger partial charge in [-0.1, -0.05) is 42.8 Å². The zero-order chi connectivity index (χ0) is 33.5. The molecule has 2 fully saturated rings. The summed E-state index contributed by atoms with van der Waals surface area (Å²) in [6, 6.07) is 7.71. The van der Waals surface area contributed by atoms with Crippen LogP contribution in [0.3, 0.4) is 0 Å². The van der Waals surface area contributed by atoms with Crippen molar-refractivity contribution in [1.29, 1.82) is 0 Å². The van der Waals surface area contributed by atoms with Crippen LogP contribution in [0.4, 0.5) is 19.4 Å². The zero-order valence-corrected chi connectivity index (χ0v) is 27.5. The number of aromatic nitrogens is 3. The molecule has 47 heavy (non-hydrogen) atoms. The van der Waals surface area contributed by atoms with Crippen LogP contribution in [0.5, 0.6) is 6.01 Å². The third kappa shape index (κ3) is 6.47. The molecule has 2 aromatic heterocycles. The number of benzene rings is 2. The van der Waals surface area contributed by atoms with Gasteiger partial charge in [-0.25, -0.2) is 20.1 Å². The van der Waals surface area contributed by atoms with E-state index in [1.54, 1.807) is 49.9 Å². The Morgan fingerprint density at radius 1 is 1.13 bits per heavy atom. The molecule has 246 valence electrons. The molecule has 0 bridgehead atoms. The second-order valence-electron chi connectivity index (χ2n) is 12.8. The van der Waals surface area contributed by atoms with Crippen LogP contribution in [0.1, 0.15) is 34.1 Å². The molecule has 4 aromatic rings. The van der Waals surface area contributed by atoms with E-state index in [1.807, 2.05) is 4.90 Å². The van der Waals surface area contributed by atoms with Gasteiger partial charge in [-0.15, -0.1) is 0 Å². The number of amides is 1. The number of ether oxygens (including phenoxy) is 2. The van der Waals surface area contributed by atoms with Gasteiger partial charge in [-0.2, -0.15) is 9.97 Å². The number of piperazine rings is 1. The fourth-order valence-corrected chi connectivity index (χ4v) is 6.44. The first-order chi connectivity index (χ1) is 22.5. The highest BCUT2D eigenvalue weighted by atomic mass is 35.5. The number of likely N-dealkylation sites (tertiary alicyclic amines) is 1. The summed E-state index contributed by atoms with van der Waals surface area (Å²) in [5.41, 5.74) is -0.425. The van der Waals surface area contributed by atoms with Gasteiger partial charge in [0.05, 0.1) is 10.4 Å². The van der Waals surface area contributed by atoms with Gasteiger partial charge in [-0.05, 0) is 45.2 Å². The van der Waals surface area contributed by atoms with E-state index in [9.17, 15) is 9.18 Å². The van der Waals surface area contributed by atoms with Gasteiger partial charge in [0, 0.05) is 49.4 Å². The molecule has 13 heteroatoms. The molecule has 1 amide bonds. The quantitative estimate of drug-likeness (QED) is 0.205. The average Bonchev–Trinajstić information content (AvgIpc) is 3.02. The summed E-state index contributed by atoms with van der Waals surface area (Å²) < 4.78 is 42.9. The summed E-state index contributed by atoms with van der Waals surface area (Å²) in [5, 5.41) is 1.19. The maximum Gasteiger partial charge on any atom is 0.410 e. The normalized spacial score (nSPS) is 18.7. The van der Waals surface area contributed by atoms with Gasteiger partial charge in [0.15, 0.2) is 5.82 Å². The third-order valence-electron chi connectivity index (χ3n) is 8.62. The lowest BCUT2D eigenvalue weighted by Gasteiger charge is -2.40. The molecule has 2 saturated heterocycles. The van der Waals surface area contributed by atoms with Crippen LogP contribution < -0.4 is 9.64 Å². The molecular weight excluding hydrogens is 628 g/mol. The van der Waals surface area contributed by atoms with Crippen LogP contribution in [0, 0.1) is 18.2 Å². The van der Waals surface area contributed by atoms with Crippen LogP contribution in [-0.2, 0) is 4.74 Å². The molecule has 2 aliphatic heterocycles. The number of likely N-dealkylation sites (N-methyl/N-ethyl adjacent to an activating group) is 1. The summed E-state index contributed by atoms with van der Waals surface area (Å²) in [6.07, 6.45) is 1.97. The maximum absolute atomic E-state index is 16.7. The molecule has 0 saturated carbocycles. The van der Waals surface area contributed by atoms with Gasteiger partial charge in [-0.3, -0.25) is 14.8 Å². The standard InChI is InChI=1S/C34H36ClF2N7O3/c1-6-42-13-12-21(42)19-46-32-40-30-24(17-39-29(28(30)37)23-9-7-8-20-10-11-25(36)27(35)26(20)23)31(41-32)43-14-15-44(22(18-43)16-38-5)33(45)47-34(2,3)4/h7-11,17,21-22H,6,12-16,18-19H2,1-4H3/t21-,22+/m1/s1. The molecule has 2 atom stereocenters. The van der Waals surface area contributed by atoms with Crippen molar-refractivity contribution in [3.05, 3.63) is 64.6 Å². The topological polar surface area (TPSA) is 88.3 Å². The van der Waals surface area contributed by atoms with Crippen LogP contribution >= 0.6 is 11.6 Å². The summed E-state index contributed by atoms with van der Waals surface area (Å²) >= 11 is 6.39. The first kappa shape index (κ1) is 32.6. The van der Waals surface area contributed by atoms with Crippen LogP contribution in [-0.4, -0.2) is 94.4 Å². The minimum Gasteiger partial charge on any atom is -0.462 e. The molecule has 4 heterocycles. The van der Waals surface area contributed by atoms with E-state index >= 15 is 4.39 Å². The van der Waals surface area contributed by atoms with Crippen molar-refractivity contribution in [2.45, 2.75) is 51.8 Å². The minimum absolute atomic E-state index is 0.00444. The number of carbonyl (C=O) groups is 1. The number of rotatable bonds is 7. The van der Waals surface area contributed by atoms with Gasteiger partial charge < -0.3 is 19.2 Å². The Balaban J connectivity index is 1.43. The highest BCUT2D eigenvalue weighted by Gasteiger charge is 2.37. The highest BCUT2D eigenvalue weighted by Crippen LogP contribution is 2.38. The SMILES string of the molecule is [C-]#[N+]C[C@H]1CN(c2nc(OC[C@H]3CCN3CC)nc3c(F)c(-c4cccc5ccc(F)c(Cl)c45)ncc23)CCN1C(=O)OC(C)(C)C. The second-order valence-corrected chi connectivity index (χ2v) is 13.2. The van der Waals surface area contributed by atoms with Crippen LogP contribution in [0.15, 0.2) is 36.5 Å². The van der Waals surface area contributed by atoms with E-state index in [-0.39, 0.29) is 47.9 Å². The number of pyridine rings is 1. The van der Waals surface area contributed by atoms with Crippen molar-refractivity contribution in [3.8, 4) is 17.3 Å². The molecule has 0 unspecified atom stereocenters. The van der Waals surface area contributed by atoms with Gasteiger partial charge in [0.1, 0.15) is 41.1 Å². The van der Waals surface area contributed by atoms with E-state index in [0.29, 0.717) is 40.7 Å². The smallest absolute Gasteiger partial charge is 0.410 e. The van der Waals surface area contributed by atoms with Crippen LogP contribution in [0.25, 0.3) is 37.8 Å². The fourth-order valence-electron chi connectivity index (χ4n) is 6.16. The van der Waals surface area contributed by atoms with E-state index in [1.165, 1.54) is 12.3 Å². The second kappa shape index (κ2) is 13.0. The van der Waals surface area contributed by atoms with E-state index in [0.717, 1.165) is 19.5 Å². The van der Waals surface area contributed by atoms with Crippen molar-refractivity contribution >= 4 is 45.2 Å². The van der Waals surface area contributed by atoms with Crippen molar-refractivity contribution in [1.82, 2.24) is 24.8 Å². The van der Waals surface area contributed by atoms with E-state index in [2.05, 4.69) is 26.6 Å². The molecule has 0 N–H and O–H groups in total. The minimum atomic E-state index is -0.729. The Labute approximate surface area is 277 Å². The molecule has 0 aliphatic carbocycles. The third-order valence-corrected chi connectivity index (χ3v) is 8.99. The Hall–Kier alpha value is -4.34. The summed E-state index contributed by atoms with van der Waals surface area (Å²) in [5.74, 6) is -0.970. The van der Waals surface area contributed by atoms with Gasteiger partial charge in [0.25, 0.3) is 0 Å². The Bertz CT molecular complexity index is 1880. The zero-order valence-electron chi connectivity index (χ0n) is 26.8. The first-order valence-electron chi connectivity index (χ1n) is 15.7. The molecule has 2 aliphatic rings. The number of nitrogens with zero attached hydrogens (tertiary/aromatic N) is 7. The predicted octanol–water partition coefficient (Wildman–Crippen LogP) is 6.59. The Kier molecular flexibility index (Phi) is 9.05. The first-order valence-corrected chi connectivity index (χ1v) is 16.0. The highest BCUT2D eigenvalue weighted by molar-refractivity contribution is 6.36. The predicted molar refractivity (Wildman–Crippen MR) is 177 cm³/mol. The molecule has 2 aromatic carbocycles. The van der Waals surface area contributed by atoms with Crippen molar-refractivity contribution < 1.29 is 23.0 Å². The number of hydrogen-bond donors (Lipinski definition) is 0. The lowest BCUT2D eigenvalue weighted by atomic mass is 10.0. The lowest BCUT2D eigenvalue weighted by Crippen LogP contribution is -2.57. The monoisotopic (exact) mass is 663 g/mol. The van der Waals surface area contributed by atoms with Gasteiger partial charge >= 0.3 is 12.1 Å². The van der Waals surface area contributed by atoms with Crippen molar-refractivity contribution in [2.75, 3.05) is 50.8 Å². The number of anilines is 1. The number of hydrogen-bond acceptors (Lipinski definition) is 8. The molecule has 10 nitrogen and oxygen atoms in total. The molecule has 0 radical (unpaired) electrons. The van der Waals surface area contributed by atoms with Crippen molar-refractivity contribution in [3.63, 3.8) is 0 Å². The van der Waals surface area contributed by atoms with Crippen molar-refractivity contribution in [2.24, 2.45) is 0 Å². The largest absolute Gasteiger partial charge is 0.462 e. The average molecular weight is 664 g/mol. The molecule has 6 rings (SSSR count). The van der Waals surface area contributed by atoms with Crippen LogP contribution in [0.2, 0.25) is 5.02 Å². The number of carbonyl (C=O) groups excluding carboxylic acids is 1. The van der Waals surface area contributed by atoms with E-state index < -0.39 is 29.4 Å². The lowest BCUT2D eigenvalue weighted by molar-refractivity contribution is 0.0155. The number of halogens is 3. The summed E-state index contributed by atoms with van der Waals surface area (Å²) in [6.45, 7) is 18.1. The summed E-state index contributed by atoms with van der Waals surface area (Å²) in [4.78, 5) is 36.1. The van der Waals surface area contributed by atoms with Gasteiger partial charge in [0.2, 0.25) is 6.54 Å². The molecular formula is C34H36ClF2N7O3. The Morgan fingerprint density at radius 3 is 2.64 bits per heavy atom.